The van der Waals surface area contributed by atoms with Gasteiger partial charge in [0.05, 0.1) is 19.0 Å². The summed E-state index contributed by atoms with van der Waals surface area (Å²) < 4.78 is 7.25. The van der Waals surface area contributed by atoms with Gasteiger partial charge in [-0.3, -0.25) is 9.20 Å². The number of rotatable bonds is 5. The Labute approximate surface area is 168 Å². The van der Waals surface area contributed by atoms with Crippen molar-refractivity contribution in [3.63, 3.8) is 0 Å². The van der Waals surface area contributed by atoms with Gasteiger partial charge in [0.15, 0.2) is 11.5 Å². The van der Waals surface area contributed by atoms with Crippen molar-refractivity contribution in [3.8, 4) is 17.0 Å². The molecule has 0 aliphatic carbocycles. The zero-order valence-corrected chi connectivity index (χ0v) is 16.4. The fraction of sp³-hybridized carbons (Fsp3) is 0.350. The van der Waals surface area contributed by atoms with Crippen molar-refractivity contribution in [1.29, 1.82) is 0 Å². The van der Waals surface area contributed by atoms with E-state index in [1.165, 1.54) is 0 Å². The average Bonchev–Trinajstić information content (AvgIpc) is 3.18. The predicted octanol–water partition coefficient (Wildman–Crippen LogP) is 3.05. The summed E-state index contributed by atoms with van der Waals surface area (Å²) in [6.45, 7) is 1.38. The second kappa shape index (κ2) is 8.06. The molecule has 0 radical (unpaired) electrons. The number of fused-ring (bicyclic) bond motifs is 1. The number of imidazole rings is 1. The van der Waals surface area contributed by atoms with Crippen LogP contribution in [-0.2, 0) is 4.79 Å². The van der Waals surface area contributed by atoms with Gasteiger partial charge < -0.3 is 15.0 Å². The van der Waals surface area contributed by atoms with Gasteiger partial charge in [-0.15, -0.1) is 11.6 Å². The van der Waals surface area contributed by atoms with E-state index < -0.39 is 0 Å². The number of hydrogen-bond donors (Lipinski definition) is 1. The topological polar surface area (TPSA) is 71.8 Å². The van der Waals surface area contributed by atoms with Gasteiger partial charge in [-0.05, 0) is 37.1 Å². The fourth-order valence-electron chi connectivity index (χ4n) is 3.60. The number of alkyl halides is 1. The first-order valence-electron chi connectivity index (χ1n) is 9.26. The molecule has 3 aromatic rings. The molecule has 1 saturated heterocycles. The van der Waals surface area contributed by atoms with Crippen LogP contribution in [0.3, 0.4) is 0 Å². The highest BCUT2D eigenvalue weighted by Crippen LogP contribution is 2.26. The molecular formula is C20H22ClN5O2. The number of benzene rings is 1. The van der Waals surface area contributed by atoms with E-state index in [9.17, 15) is 4.79 Å². The van der Waals surface area contributed by atoms with Crippen LogP contribution in [0, 0.1) is 0 Å². The molecule has 28 heavy (non-hydrogen) atoms. The minimum Gasteiger partial charge on any atom is -0.497 e. The van der Waals surface area contributed by atoms with Crippen LogP contribution in [-0.4, -0.2) is 57.3 Å². The third-order valence-electron chi connectivity index (χ3n) is 5.04. The number of anilines is 1. The number of likely N-dealkylation sites (tertiary alicyclic amines) is 1. The monoisotopic (exact) mass is 399 g/mol. The van der Waals surface area contributed by atoms with Crippen LogP contribution in [0.5, 0.6) is 5.75 Å². The van der Waals surface area contributed by atoms with Crippen LogP contribution >= 0.6 is 11.6 Å². The normalized spacial score (nSPS) is 16.9. The SMILES string of the molecule is COc1ccc(-c2cnc3c(NC4CCCN(C(=O)CCl)C4)nccn23)cc1. The summed E-state index contributed by atoms with van der Waals surface area (Å²) in [6, 6.07) is 8.00. The molecule has 4 rings (SSSR count). The molecule has 1 atom stereocenters. The highest BCUT2D eigenvalue weighted by molar-refractivity contribution is 6.27. The van der Waals surface area contributed by atoms with Gasteiger partial charge in [-0.1, -0.05) is 0 Å². The first-order valence-corrected chi connectivity index (χ1v) is 9.80. The predicted molar refractivity (Wildman–Crippen MR) is 109 cm³/mol. The summed E-state index contributed by atoms with van der Waals surface area (Å²) in [7, 11) is 1.65. The summed E-state index contributed by atoms with van der Waals surface area (Å²) in [5.74, 6) is 1.52. The van der Waals surface area contributed by atoms with Gasteiger partial charge in [0.1, 0.15) is 11.6 Å². The van der Waals surface area contributed by atoms with Crippen molar-refractivity contribution >= 4 is 29.0 Å². The van der Waals surface area contributed by atoms with Gasteiger partial charge in [0, 0.05) is 37.1 Å². The lowest BCUT2D eigenvalue weighted by Gasteiger charge is -2.33. The number of halogens is 1. The quantitative estimate of drug-likeness (QED) is 0.667. The first kappa shape index (κ1) is 18.6. The van der Waals surface area contributed by atoms with Crippen LogP contribution in [0.15, 0.2) is 42.9 Å². The number of methoxy groups -OCH3 is 1. The summed E-state index contributed by atoms with van der Waals surface area (Å²) >= 11 is 5.71. The second-order valence-electron chi connectivity index (χ2n) is 6.80. The Kier molecular flexibility index (Phi) is 5.34. The van der Waals surface area contributed by atoms with Gasteiger partial charge in [-0.2, -0.15) is 0 Å². The van der Waals surface area contributed by atoms with Crippen molar-refractivity contribution in [2.45, 2.75) is 18.9 Å². The number of piperidine rings is 1. The Morgan fingerprint density at radius 1 is 1.32 bits per heavy atom. The molecule has 8 heteroatoms. The van der Waals surface area contributed by atoms with Crippen LogP contribution in [0.2, 0.25) is 0 Å². The molecule has 1 fully saturated rings. The Bertz CT molecular complexity index is 972. The molecule has 0 bridgehead atoms. The summed E-state index contributed by atoms with van der Waals surface area (Å²) in [4.78, 5) is 22.8. The van der Waals surface area contributed by atoms with E-state index in [4.69, 9.17) is 16.3 Å². The zero-order valence-electron chi connectivity index (χ0n) is 15.6. The summed E-state index contributed by atoms with van der Waals surface area (Å²) in [5.41, 5.74) is 2.78. The van der Waals surface area contributed by atoms with Crippen molar-refractivity contribution in [1.82, 2.24) is 19.3 Å². The number of ether oxygens (including phenoxy) is 1. The Balaban J connectivity index is 1.59. The summed E-state index contributed by atoms with van der Waals surface area (Å²) in [6.07, 6.45) is 7.41. The van der Waals surface area contributed by atoms with Gasteiger partial charge in [0.25, 0.3) is 0 Å². The molecule has 1 aliphatic heterocycles. The Morgan fingerprint density at radius 3 is 2.89 bits per heavy atom. The van der Waals surface area contributed by atoms with E-state index in [-0.39, 0.29) is 17.8 Å². The molecule has 0 spiro atoms. The summed E-state index contributed by atoms with van der Waals surface area (Å²) in [5, 5.41) is 3.46. The molecule has 1 unspecified atom stereocenters. The Morgan fingerprint density at radius 2 is 2.14 bits per heavy atom. The van der Waals surface area contributed by atoms with Crippen molar-refractivity contribution in [3.05, 3.63) is 42.9 Å². The smallest absolute Gasteiger partial charge is 0.237 e. The number of carbonyl (C=O) groups excluding carboxylic acids is 1. The van der Waals surface area contributed by atoms with Crippen LogP contribution < -0.4 is 10.1 Å². The lowest BCUT2D eigenvalue weighted by molar-refractivity contribution is -0.129. The average molecular weight is 400 g/mol. The van der Waals surface area contributed by atoms with Gasteiger partial charge in [0.2, 0.25) is 5.91 Å². The van der Waals surface area contributed by atoms with E-state index in [0.29, 0.717) is 12.4 Å². The molecule has 7 nitrogen and oxygen atoms in total. The van der Waals surface area contributed by atoms with Crippen molar-refractivity contribution < 1.29 is 9.53 Å². The maximum Gasteiger partial charge on any atom is 0.237 e. The molecule has 2 aromatic heterocycles. The number of nitrogens with one attached hydrogen (secondary N) is 1. The lowest BCUT2D eigenvalue weighted by atomic mass is 10.1. The molecule has 1 N–H and O–H groups in total. The van der Waals surface area contributed by atoms with Crippen LogP contribution in [0.25, 0.3) is 16.9 Å². The van der Waals surface area contributed by atoms with Crippen LogP contribution in [0.4, 0.5) is 5.82 Å². The largest absolute Gasteiger partial charge is 0.497 e. The third kappa shape index (κ3) is 3.62. The number of aromatic nitrogens is 3. The fourth-order valence-corrected chi connectivity index (χ4v) is 3.76. The number of hydrogen-bond acceptors (Lipinski definition) is 5. The molecule has 1 aliphatic rings. The van der Waals surface area contributed by atoms with E-state index in [1.807, 2.05) is 46.0 Å². The van der Waals surface area contributed by atoms with Gasteiger partial charge in [-0.25, -0.2) is 9.97 Å². The molecule has 3 heterocycles. The van der Waals surface area contributed by atoms with E-state index in [1.54, 1.807) is 13.3 Å². The molecule has 1 aromatic carbocycles. The minimum atomic E-state index is -0.0260. The zero-order chi connectivity index (χ0) is 19.5. The second-order valence-corrected chi connectivity index (χ2v) is 7.07. The Hall–Kier alpha value is -2.80. The number of amides is 1. The molecule has 0 saturated carbocycles. The van der Waals surface area contributed by atoms with E-state index >= 15 is 0 Å². The van der Waals surface area contributed by atoms with Crippen LogP contribution in [0.1, 0.15) is 12.8 Å². The standard InChI is InChI=1S/C20H22ClN5O2/c1-28-16-6-4-14(5-7-16)17-12-23-20-19(22-8-10-26(17)20)24-15-3-2-9-25(13-15)18(27)11-21/h4-8,10,12,15H,2-3,9,11,13H2,1H3,(H,22,24). The highest BCUT2D eigenvalue weighted by Gasteiger charge is 2.24. The third-order valence-corrected chi connectivity index (χ3v) is 5.27. The highest BCUT2D eigenvalue weighted by atomic mass is 35.5. The van der Waals surface area contributed by atoms with E-state index in [2.05, 4.69) is 15.3 Å². The molecule has 146 valence electrons. The van der Waals surface area contributed by atoms with Crippen molar-refractivity contribution in [2.75, 3.05) is 31.4 Å². The molecule has 1 amide bonds. The maximum atomic E-state index is 11.9. The molecular weight excluding hydrogens is 378 g/mol. The lowest BCUT2D eigenvalue weighted by Crippen LogP contribution is -2.45. The van der Waals surface area contributed by atoms with E-state index in [0.717, 1.165) is 42.0 Å². The van der Waals surface area contributed by atoms with Crippen molar-refractivity contribution in [2.24, 2.45) is 0 Å². The maximum absolute atomic E-state index is 11.9. The minimum absolute atomic E-state index is 0.0199. The number of carbonyl (C=O) groups is 1. The first-order chi connectivity index (χ1) is 13.7. The number of nitrogens with zero attached hydrogens (tertiary/aromatic N) is 4. The van der Waals surface area contributed by atoms with Gasteiger partial charge >= 0.3 is 0 Å².